The minimum absolute atomic E-state index is 0.377. The van der Waals surface area contributed by atoms with Crippen LogP contribution in [0.15, 0.2) is 53.5 Å². The number of aromatic nitrogens is 6. The van der Waals surface area contributed by atoms with Crippen LogP contribution in [0.5, 0.6) is 5.75 Å². The molecule has 11 nitrogen and oxygen atoms in total. The van der Waals surface area contributed by atoms with Crippen LogP contribution in [0.2, 0.25) is 0 Å². The van der Waals surface area contributed by atoms with Gasteiger partial charge in [-0.3, -0.25) is 14.6 Å². The van der Waals surface area contributed by atoms with E-state index in [1.165, 1.54) is 18.5 Å². The molecule has 1 saturated carbocycles. The topological polar surface area (TPSA) is 123 Å². The SMILES string of the molecule is COc1cc2c(cc1Nc1ncc(Br)c(Nc3ccc4nccnc4c3P(C)(C)=O)n1)-c1cnn(C)c1CCN2CC1CC1. The maximum Gasteiger partial charge on any atom is 0.229 e. The van der Waals surface area contributed by atoms with Crippen molar-refractivity contribution in [1.29, 1.82) is 0 Å². The van der Waals surface area contributed by atoms with Gasteiger partial charge in [-0.05, 0) is 66.2 Å². The van der Waals surface area contributed by atoms with Crippen molar-refractivity contribution in [2.45, 2.75) is 19.3 Å². The predicted molar refractivity (Wildman–Crippen MR) is 179 cm³/mol. The number of halogens is 1. The van der Waals surface area contributed by atoms with E-state index in [0.29, 0.717) is 44.0 Å². The second-order valence-corrected chi connectivity index (χ2v) is 15.7. The highest BCUT2D eigenvalue weighted by Gasteiger charge is 2.30. The highest BCUT2D eigenvalue weighted by atomic mass is 79.9. The molecule has 2 aromatic carbocycles. The molecule has 3 aromatic heterocycles. The Morgan fingerprint density at radius 3 is 2.64 bits per heavy atom. The summed E-state index contributed by atoms with van der Waals surface area (Å²) in [7, 11) is 0.936. The lowest BCUT2D eigenvalue weighted by atomic mass is 10.0. The Balaban J connectivity index is 1.26. The van der Waals surface area contributed by atoms with E-state index >= 15 is 0 Å². The van der Waals surface area contributed by atoms with Crippen molar-refractivity contribution in [2.75, 3.05) is 49.1 Å². The average molecular weight is 675 g/mol. The zero-order chi connectivity index (χ0) is 30.6. The first-order chi connectivity index (χ1) is 21.2. The summed E-state index contributed by atoms with van der Waals surface area (Å²) in [6.45, 7) is 5.43. The van der Waals surface area contributed by atoms with Crippen LogP contribution in [-0.4, -0.2) is 63.2 Å². The molecule has 5 aromatic rings. The van der Waals surface area contributed by atoms with Gasteiger partial charge in [0.15, 0.2) is 0 Å². The number of ether oxygens (including phenoxy) is 1. The van der Waals surface area contributed by atoms with Gasteiger partial charge in [-0.2, -0.15) is 10.1 Å². The summed E-state index contributed by atoms with van der Waals surface area (Å²) in [5.74, 6) is 2.34. The van der Waals surface area contributed by atoms with Crippen molar-refractivity contribution in [3.63, 3.8) is 0 Å². The Bertz CT molecular complexity index is 1950. The lowest BCUT2D eigenvalue weighted by molar-refractivity contribution is 0.416. The van der Waals surface area contributed by atoms with Crippen LogP contribution in [-0.2, 0) is 18.0 Å². The van der Waals surface area contributed by atoms with Crippen LogP contribution >= 0.6 is 23.1 Å². The number of nitrogens with zero attached hydrogens (tertiary/aromatic N) is 7. The average Bonchev–Trinajstić information content (AvgIpc) is 3.77. The molecule has 2 aliphatic rings. The van der Waals surface area contributed by atoms with Crippen LogP contribution in [0.25, 0.3) is 22.2 Å². The van der Waals surface area contributed by atoms with E-state index in [-0.39, 0.29) is 0 Å². The fourth-order valence-corrected chi connectivity index (χ4v) is 7.57. The van der Waals surface area contributed by atoms with Gasteiger partial charge in [-0.25, -0.2) is 4.98 Å². The number of hydrogen-bond acceptors (Lipinski definition) is 10. The second kappa shape index (κ2) is 11.2. The number of aryl methyl sites for hydroxylation is 1. The molecule has 2 N–H and O–H groups in total. The monoisotopic (exact) mass is 673 g/mol. The molecule has 0 radical (unpaired) electrons. The summed E-state index contributed by atoms with van der Waals surface area (Å²) >= 11 is 3.58. The zero-order valence-electron chi connectivity index (χ0n) is 25.0. The Morgan fingerprint density at radius 1 is 1.05 bits per heavy atom. The molecule has 226 valence electrons. The van der Waals surface area contributed by atoms with Crippen LogP contribution in [0.3, 0.4) is 0 Å². The Labute approximate surface area is 264 Å². The van der Waals surface area contributed by atoms with Gasteiger partial charge in [0.1, 0.15) is 24.2 Å². The molecule has 0 amide bonds. The van der Waals surface area contributed by atoms with Crippen molar-refractivity contribution in [3.05, 3.63) is 59.2 Å². The lowest BCUT2D eigenvalue weighted by Gasteiger charge is -2.26. The van der Waals surface area contributed by atoms with Crippen molar-refractivity contribution >= 4 is 68.2 Å². The van der Waals surface area contributed by atoms with Crippen LogP contribution in [0.1, 0.15) is 18.5 Å². The molecule has 0 spiro atoms. The molecule has 1 aliphatic heterocycles. The summed E-state index contributed by atoms with van der Waals surface area (Å²) in [4.78, 5) is 20.7. The summed E-state index contributed by atoms with van der Waals surface area (Å²) in [6.07, 6.45) is 10.4. The fourth-order valence-electron chi connectivity index (χ4n) is 5.89. The van der Waals surface area contributed by atoms with E-state index in [4.69, 9.17) is 9.72 Å². The van der Waals surface area contributed by atoms with Crippen LogP contribution < -0.4 is 25.6 Å². The van der Waals surface area contributed by atoms with Gasteiger partial charge < -0.3 is 24.8 Å². The van der Waals surface area contributed by atoms with E-state index in [1.54, 1.807) is 39.0 Å². The maximum absolute atomic E-state index is 13.4. The third kappa shape index (κ3) is 5.41. The summed E-state index contributed by atoms with van der Waals surface area (Å²) in [6, 6.07) is 7.95. The normalized spacial score (nSPS) is 14.6. The number of anilines is 5. The summed E-state index contributed by atoms with van der Waals surface area (Å²) in [5, 5.41) is 12.0. The van der Waals surface area contributed by atoms with Crippen molar-refractivity contribution < 1.29 is 9.30 Å². The fraction of sp³-hybridized carbons (Fsp3) is 0.323. The molecule has 7 rings (SSSR count). The molecule has 44 heavy (non-hydrogen) atoms. The molecule has 0 saturated heterocycles. The quantitative estimate of drug-likeness (QED) is 0.187. The van der Waals surface area contributed by atoms with Crippen molar-refractivity contribution in [1.82, 2.24) is 29.7 Å². The van der Waals surface area contributed by atoms with Crippen molar-refractivity contribution in [3.8, 4) is 16.9 Å². The second-order valence-electron chi connectivity index (χ2n) is 11.7. The number of fused-ring (bicyclic) bond motifs is 4. The number of hydrogen-bond donors (Lipinski definition) is 2. The van der Waals surface area contributed by atoms with Gasteiger partial charge in [0, 0.05) is 73.7 Å². The smallest absolute Gasteiger partial charge is 0.229 e. The molecular formula is C31H33BrN9O2P. The minimum atomic E-state index is -2.75. The van der Waals surface area contributed by atoms with Gasteiger partial charge >= 0.3 is 0 Å². The number of nitrogens with one attached hydrogen (secondary N) is 2. The molecule has 0 unspecified atom stereocenters. The van der Waals surface area contributed by atoms with E-state index < -0.39 is 7.14 Å². The highest BCUT2D eigenvalue weighted by Crippen LogP contribution is 2.45. The largest absolute Gasteiger partial charge is 0.494 e. The van der Waals surface area contributed by atoms with Gasteiger partial charge in [0.05, 0.1) is 40.0 Å². The predicted octanol–water partition coefficient (Wildman–Crippen LogP) is 6.10. The van der Waals surface area contributed by atoms with E-state index in [2.05, 4.69) is 63.6 Å². The lowest BCUT2D eigenvalue weighted by Crippen LogP contribution is -2.28. The van der Waals surface area contributed by atoms with Crippen LogP contribution in [0.4, 0.5) is 28.8 Å². The minimum Gasteiger partial charge on any atom is -0.494 e. The Morgan fingerprint density at radius 2 is 1.86 bits per heavy atom. The third-order valence-electron chi connectivity index (χ3n) is 8.20. The van der Waals surface area contributed by atoms with Crippen LogP contribution in [0, 0.1) is 5.92 Å². The third-order valence-corrected chi connectivity index (χ3v) is 10.3. The number of rotatable bonds is 8. The first-order valence-electron chi connectivity index (χ1n) is 14.5. The molecule has 4 heterocycles. The molecule has 0 atom stereocenters. The van der Waals surface area contributed by atoms with Gasteiger partial charge in [-0.1, -0.05) is 0 Å². The highest BCUT2D eigenvalue weighted by molar-refractivity contribution is 9.10. The first-order valence-corrected chi connectivity index (χ1v) is 17.9. The molecule has 0 bridgehead atoms. The molecule has 1 aliphatic carbocycles. The summed E-state index contributed by atoms with van der Waals surface area (Å²) < 4.78 is 22.0. The Kier molecular flexibility index (Phi) is 7.29. The number of methoxy groups -OCH3 is 1. The molecule has 1 fully saturated rings. The number of benzene rings is 2. The molecule has 13 heteroatoms. The zero-order valence-corrected chi connectivity index (χ0v) is 27.5. The van der Waals surface area contributed by atoms with E-state index in [9.17, 15) is 4.57 Å². The van der Waals surface area contributed by atoms with Gasteiger partial charge in [0.25, 0.3) is 0 Å². The van der Waals surface area contributed by atoms with Gasteiger partial charge in [0.2, 0.25) is 5.95 Å². The first kappa shape index (κ1) is 28.7. The van der Waals surface area contributed by atoms with Gasteiger partial charge in [-0.15, -0.1) is 0 Å². The Hall–Kier alpha value is -4.02. The summed E-state index contributed by atoms with van der Waals surface area (Å²) in [5.41, 5.74) is 7.29. The maximum atomic E-state index is 13.4. The van der Waals surface area contributed by atoms with E-state index in [0.717, 1.165) is 47.9 Å². The standard InChI is InChI=1S/C31H33BrN9O2P/c1-40-25-9-12-41(17-18-5-6-18)26-14-27(43-2)24(13-19(26)20(25)15-36-40)38-31-35-16-21(32)30(39-31)37-23-8-7-22-28(34-11-10-33-22)29(23)44(3,4)42/h7-8,10-11,13-16,18H,5-6,9,12,17H2,1-4H3,(H2,35,37,38,39). The van der Waals surface area contributed by atoms with Crippen molar-refractivity contribution in [2.24, 2.45) is 13.0 Å². The molecular weight excluding hydrogens is 641 g/mol. The van der Waals surface area contributed by atoms with E-state index in [1.807, 2.05) is 30.1 Å².